The Morgan fingerprint density at radius 2 is 1.62 bits per heavy atom. The highest BCUT2D eigenvalue weighted by molar-refractivity contribution is 7.92. The second kappa shape index (κ2) is 10.0. The van der Waals surface area contributed by atoms with Crippen molar-refractivity contribution in [1.29, 1.82) is 0 Å². The molecule has 2 aromatic rings. The van der Waals surface area contributed by atoms with Crippen LogP contribution in [0.5, 0.6) is 17.2 Å². The Morgan fingerprint density at radius 1 is 1.00 bits per heavy atom. The van der Waals surface area contributed by atoms with Crippen molar-refractivity contribution < 1.29 is 32.2 Å². The van der Waals surface area contributed by atoms with Crippen LogP contribution in [0.25, 0.3) is 0 Å². The van der Waals surface area contributed by atoms with Gasteiger partial charge in [0.15, 0.2) is 11.5 Å². The highest BCUT2D eigenvalue weighted by Crippen LogP contribution is 2.34. The maximum Gasteiger partial charge on any atom is 0.340 e. The third-order valence-corrected chi connectivity index (χ3v) is 5.46. The molecule has 29 heavy (non-hydrogen) atoms. The fraction of sp³-hybridized carbons (Fsp3) is 0.350. The maximum atomic E-state index is 12.8. The summed E-state index contributed by atoms with van der Waals surface area (Å²) in [5.74, 6) is 0.393. The van der Waals surface area contributed by atoms with Crippen molar-refractivity contribution in [3.8, 4) is 17.2 Å². The zero-order valence-electron chi connectivity index (χ0n) is 16.9. The molecule has 0 saturated heterocycles. The van der Waals surface area contributed by atoms with Crippen LogP contribution in [0.3, 0.4) is 0 Å². The minimum atomic E-state index is -3.97. The van der Waals surface area contributed by atoms with Crippen molar-refractivity contribution in [3.05, 3.63) is 42.0 Å². The van der Waals surface area contributed by atoms with E-state index in [4.69, 9.17) is 18.9 Å². The smallest absolute Gasteiger partial charge is 0.340 e. The summed E-state index contributed by atoms with van der Waals surface area (Å²) in [5, 5.41) is 0. The first-order chi connectivity index (χ1) is 13.9. The Balaban J connectivity index is 2.34. The number of carbonyl (C=O) groups is 1. The lowest BCUT2D eigenvalue weighted by atomic mass is 10.1. The molecule has 158 valence electrons. The molecule has 0 saturated carbocycles. The van der Waals surface area contributed by atoms with Crippen LogP contribution in [0.15, 0.2) is 41.3 Å². The Kier molecular flexibility index (Phi) is 7.72. The van der Waals surface area contributed by atoms with Crippen LogP contribution in [-0.2, 0) is 14.8 Å². The summed E-state index contributed by atoms with van der Waals surface area (Å²) in [6, 6.07) is 8.75. The quantitative estimate of drug-likeness (QED) is 0.461. The van der Waals surface area contributed by atoms with Crippen LogP contribution in [0.2, 0.25) is 0 Å². The first kappa shape index (κ1) is 22.4. The Labute approximate surface area is 170 Å². The van der Waals surface area contributed by atoms with Gasteiger partial charge in [-0.25, -0.2) is 13.2 Å². The molecule has 0 fully saturated rings. The van der Waals surface area contributed by atoms with E-state index in [1.54, 1.807) is 12.1 Å². The molecule has 0 aliphatic heterocycles. The van der Waals surface area contributed by atoms with E-state index >= 15 is 0 Å². The standard InChI is InChI=1S/C20H25NO7S/c1-5-6-11-28-14-7-9-15(10-8-14)29(23,24)21-17-13-19(26-3)18(25-2)12-16(17)20(22)27-4/h7-10,12-13,21H,5-6,11H2,1-4H3. The summed E-state index contributed by atoms with van der Waals surface area (Å²) in [4.78, 5) is 12.1. The summed E-state index contributed by atoms with van der Waals surface area (Å²) in [6.07, 6.45) is 1.92. The van der Waals surface area contributed by atoms with Crippen LogP contribution in [0, 0.1) is 0 Å². The summed E-state index contributed by atoms with van der Waals surface area (Å²) in [7, 11) is 0.0468. The maximum absolute atomic E-state index is 12.8. The van der Waals surface area contributed by atoms with E-state index in [1.165, 1.54) is 45.6 Å². The van der Waals surface area contributed by atoms with Gasteiger partial charge in [0.2, 0.25) is 0 Å². The number of carbonyl (C=O) groups excluding carboxylic acids is 1. The van der Waals surface area contributed by atoms with E-state index in [9.17, 15) is 13.2 Å². The number of anilines is 1. The largest absolute Gasteiger partial charge is 0.494 e. The molecule has 0 radical (unpaired) electrons. The molecule has 0 heterocycles. The second-order valence-electron chi connectivity index (χ2n) is 6.02. The van der Waals surface area contributed by atoms with Gasteiger partial charge in [0.1, 0.15) is 5.75 Å². The molecule has 0 unspecified atom stereocenters. The molecule has 8 nitrogen and oxygen atoms in total. The minimum absolute atomic E-state index is 0.00626. The molecule has 0 amide bonds. The molecule has 0 aliphatic rings. The number of rotatable bonds is 10. The lowest BCUT2D eigenvalue weighted by molar-refractivity contribution is 0.0601. The normalized spacial score (nSPS) is 10.9. The zero-order chi connectivity index (χ0) is 21.4. The third-order valence-electron chi connectivity index (χ3n) is 4.07. The number of unbranched alkanes of at least 4 members (excludes halogenated alkanes) is 1. The fourth-order valence-electron chi connectivity index (χ4n) is 2.50. The van der Waals surface area contributed by atoms with Gasteiger partial charge in [-0.05, 0) is 30.7 Å². The highest BCUT2D eigenvalue weighted by atomic mass is 32.2. The Bertz CT molecular complexity index is 940. The Hall–Kier alpha value is -2.94. The predicted molar refractivity (Wildman–Crippen MR) is 109 cm³/mol. The number of benzene rings is 2. The van der Waals surface area contributed by atoms with E-state index in [-0.39, 0.29) is 27.6 Å². The number of ether oxygens (including phenoxy) is 4. The third kappa shape index (κ3) is 5.54. The zero-order valence-corrected chi connectivity index (χ0v) is 17.7. The number of hydrogen-bond acceptors (Lipinski definition) is 7. The van der Waals surface area contributed by atoms with Gasteiger partial charge < -0.3 is 18.9 Å². The molecular formula is C20H25NO7S. The van der Waals surface area contributed by atoms with E-state index in [1.807, 2.05) is 0 Å². The fourth-order valence-corrected chi connectivity index (χ4v) is 3.57. The molecule has 2 rings (SSSR count). The lowest BCUT2D eigenvalue weighted by Crippen LogP contribution is -2.16. The van der Waals surface area contributed by atoms with Crippen molar-refractivity contribution in [3.63, 3.8) is 0 Å². The number of esters is 1. The molecule has 9 heteroatoms. The number of nitrogens with one attached hydrogen (secondary N) is 1. The van der Waals surface area contributed by atoms with Gasteiger partial charge >= 0.3 is 5.97 Å². The minimum Gasteiger partial charge on any atom is -0.494 e. The number of methoxy groups -OCH3 is 3. The van der Waals surface area contributed by atoms with Crippen LogP contribution >= 0.6 is 0 Å². The highest BCUT2D eigenvalue weighted by Gasteiger charge is 2.22. The number of hydrogen-bond donors (Lipinski definition) is 1. The second-order valence-corrected chi connectivity index (χ2v) is 7.71. The van der Waals surface area contributed by atoms with Crippen molar-refractivity contribution in [2.45, 2.75) is 24.7 Å². The van der Waals surface area contributed by atoms with Crippen molar-refractivity contribution in [2.75, 3.05) is 32.7 Å². The molecule has 0 aliphatic carbocycles. The van der Waals surface area contributed by atoms with Crippen LogP contribution in [-0.4, -0.2) is 42.3 Å². The van der Waals surface area contributed by atoms with Gasteiger partial charge in [-0.3, -0.25) is 4.72 Å². The average Bonchev–Trinajstić information content (AvgIpc) is 2.73. The van der Waals surface area contributed by atoms with Crippen molar-refractivity contribution >= 4 is 21.7 Å². The van der Waals surface area contributed by atoms with Crippen LogP contribution in [0.4, 0.5) is 5.69 Å². The van der Waals surface area contributed by atoms with Gasteiger partial charge in [-0.2, -0.15) is 0 Å². The van der Waals surface area contributed by atoms with Gasteiger partial charge in [-0.15, -0.1) is 0 Å². The van der Waals surface area contributed by atoms with E-state index in [0.717, 1.165) is 12.8 Å². The van der Waals surface area contributed by atoms with Crippen LogP contribution < -0.4 is 18.9 Å². The Morgan fingerprint density at radius 3 is 2.17 bits per heavy atom. The van der Waals surface area contributed by atoms with Gasteiger partial charge in [0, 0.05) is 12.1 Å². The topological polar surface area (TPSA) is 100 Å². The van der Waals surface area contributed by atoms with Gasteiger partial charge in [-0.1, -0.05) is 13.3 Å². The first-order valence-electron chi connectivity index (χ1n) is 8.96. The summed E-state index contributed by atoms with van der Waals surface area (Å²) in [5.41, 5.74) is 0.00557. The van der Waals surface area contributed by atoms with E-state index in [2.05, 4.69) is 11.6 Å². The summed E-state index contributed by atoms with van der Waals surface area (Å²) >= 11 is 0. The number of sulfonamides is 1. The molecule has 1 N–H and O–H groups in total. The SMILES string of the molecule is CCCCOc1ccc(S(=O)(=O)Nc2cc(OC)c(OC)cc2C(=O)OC)cc1. The van der Waals surface area contributed by atoms with Crippen LogP contribution in [0.1, 0.15) is 30.1 Å². The van der Waals surface area contributed by atoms with Gasteiger partial charge in [0.05, 0.1) is 44.1 Å². The van der Waals surface area contributed by atoms with E-state index in [0.29, 0.717) is 12.4 Å². The molecule has 2 aromatic carbocycles. The molecule has 0 spiro atoms. The monoisotopic (exact) mass is 423 g/mol. The average molecular weight is 423 g/mol. The van der Waals surface area contributed by atoms with Gasteiger partial charge in [0.25, 0.3) is 10.0 Å². The van der Waals surface area contributed by atoms with E-state index < -0.39 is 16.0 Å². The molecule has 0 atom stereocenters. The summed E-state index contributed by atoms with van der Waals surface area (Å²) < 4.78 is 48.7. The summed E-state index contributed by atoms with van der Waals surface area (Å²) in [6.45, 7) is 2.62. The predicted octanol–water partition coefficient (Wildman–Crippen LogP) is 3.47. The van der Waals surface area contributed by atoms with Crippen molar-refractivity contribution in [2.24, 2.45) is 0 Å². The molecular weight excluding hydrogens is 398 g/mol. The molecule has 0 aromatic heterocycles. The molecule has 0 bridgehead atoms. The lowest BCUT2D eigenvalue weighted by Gasteiger charge is -2.15. The first-order valence-corrected chi connectivity index (χ1v) is 10.4. The van der Waals surface area contributed by atoms with Crippen molar-refractivity contribution in [1.82, 2.24) is 0 Å².